The van der Waals surface area contributed by atoms with Crippen LogP contribution in [-0.4, -0.2) is 53.3 Å². The summed E-state index contributed by atoms with van der Waals surface area (Å²) < 4.78 is 7.39. The third-order valence-corrected chi connectivity index (χ3v) is 8.04. The van der Waals surface area contributed by atoms with E-state index in [-0.39, 0.29) is 11.5 Å². The summed E-state index contributed by atoms with van der Waals surface area (Å²) in [6.07, 6.45) is 7.78. The number of hydrogen-bond acceptors (Lipinski definition) is 3. The highest BCUT2D eigenvalue weighted by Crippen LogP contribution is 2.47. The zero-order valence-corrected chi connectivity index (χ0v) is 22.2. The lowest BCUT2D eigenvalue weighted by Gasteiger charge is -2.24. The van der Waals surface area contributed by atoms with Gasteiger partial charge in [0.05, 0.1) is 24.4 Å². The molecule has 0 atom stereocenters. The van der Waals surface area contributed by atoms with Crippen LogP contribution in [0.4, 0.5) is 0 Å². The lowest BCUT2D eigenvalue weighted by atomic mass is 9.81. The molecular formula is C30H33ClN2O4. The van der Waals surface area contributed by atoms with E-state index in [1.807, 2.05) is 37.3 Å². The molecule has 7 heteroatoms. The van der Waals surface area contributed by atoms with Gasteiger partial charge in [0.15, 0.2) is 0 Å². The van der Waals surface area contributed by atoms with Gasteiger partial charge in [-0.05, 0) is 67.2 Å². The molecule has 3 aromatic rings. The molecule has 0 spiro atoms. The van der Waals surface area contributed by atoms with Crippen LogP contribution in [0.15, 0.2) is 42.0 Å². The summed E-state index contributed by atoms with van der Waals surface area (Å²) >= 11 is 6.53. The number of hydrogen-bond donors (Lipinski definition) is 1. The minimum atomic E-state index is -0.961. The van der Waals surface area contributed by atoms with Crippen LogP contribution in [0.2, 0.25) is 5.02 Å². The number of ether oxygens (including phenoxy) is 1. The Hall–Kier alpha value is -3.09. The molecule has 0 saturated heterocycles. The molecule has 2 aromatic carbocycles. The minimum Gasteiger partial charge on any atom is -0.478 e. The SMILES string of the molecule is CCN(CCOC)C(=O)C1=Cc2ccc(Cl)cc2-c2c(C3CCCCC3)c3ccc(C(=O)O)cc3n2C1. The van der Waals surface area contributed by atoms with E-state index in [4.69, 9.17) is 16.3 Å². The Morgan fingerprint density at radius 3 is 2.62 bits per heavy atom. The smallest absolute Gasteiger partial charge is 0.335 e. The van der Waals surface area contributed by atoms with Gasteiger partial charge in [0.25, 0.3) is 5.91 Å². The number of benzene rings is 2. The van der Waals surface area contributed by atoms with Crippen molar-refractivity contribution in [3.8, 4) is 11.3 Å². The van der Waals surface area contributed by atoms with Gasteiger partial charge in [-0.3, -0.25) is 4.79 Å². The van der Waals surface area contributed by atoms with Crippen LogP contribution in [0.25, 0.3) is 28.2 Å². The van der Waals surface area contributed by atoms with E-state index in [0.29, 0.717) is 42.8 Å². The summed E-state index contributed by atoms with van der Waals surface area (Å²) in [4.78, 5) is 27.5. The van der Waals surface area contributed by atoms with Gasteiger partial charge in [-0.25, -0.2) is 4.79 Å². The van der Waals surface area contributed by atoms with E-state index in [1.165, 1.54) is 24.8 Å². The third kappa shape index (κ3) is 4.80. The molecule has 6 nitrogen and oxygen atoms in total. The Labute approximate surface area is 222 Å². The summed E-state index contributed by atoms with van der Waals surface area (Å²) in [5, 5.41) is 11.5. The number of carboxylic acid groups (broad SMARTS) is 1. The number of methoxy groups -OCH3 is 1. The number of aromatic carboxylic acids is 1. The predicted molar refractivity (Wildman–Crippen MR) is 147 cm³/mol. The summed E-state index contributed by atoms with van der Waals surface area (Å²) in [7, 11) is 1.63. The average molecular weight is 521 g/mol. The van der Waals surface area contributed by atoms with Crippen LogP contribution in [0, 0.1) is 0 Å². The molecule has 2 heterocycles. The second-order valence-electron chi connectivity index (χ2n) is 10.00. The van der Waals surface area contributed by atoms with Gasteiger partial charge in [0, 0.05) is 47.3 Å². The molecular weight excluding hydrogens is 488 g/mol. The Morgan fingerprint density at radius 2 is 1.92 bits per heavy atom. The number of amides is 1. The van der Waals surface area contributed by atoms with E-state index >= 15 is 0 Å². The van der Waals surface area contributed by atoms with Gasteiger partial charge in [0.1, 0.15) is 0 Å². The van der Waals surface area contributed by atoms with Gasteiger partial charge in [-0.1, -0.05) is 43.0 Å². The lowest BCUT2D eigenvalue weighted by Crippen LogP contribution is -2.35. The lowest BCUT2D eigenvalue weighted by molar-refractivity contribution is -0.127. The molecule has 37 heavy (non-hydrogen) atoms. The quantitative estimate of drug-likeness (QED) is 0.381. The molecule has 1 fully saturated rings. The fourth-order valence-corrected chi connectivity index (χ4v) is 6.14. The maximum atomic E-state index is 13.8. The molecule has 1 amide bonds. The largest absolute Gasteiger partial charge is 0.478 e. The van der Waals surface area contributed by atoms with Crippen LogP contribution in [-0.2, 0) is 16.1 Å². The van der Waals surface area contributed by atoms with Gasteiger partial charge in [0.2, 0.25) is 0 Å². The average Bonchev–Trinajstić information content (AvgIpc) is 3.13. The molecule has 0 unspecified atom stereocenters. The van der Waals surface area contributed by atoms with Gasteiger partial charge >= 0.3 is 5.97 Å². The molecule has 1 aliphatic heterocycles. The number of nitrogens with zero attached hydrogens (tertiary/aromatic N) is 2. The topological polar surface area (TPSA) is 71.8 Å². The van der Waals surface area contributed by atoms with E-state index in [0.717, 1.165) is 40.6 Å². The first-order chi connectivity index (χ1) is 17.9. The van der Waals surface area contributed by atoms with Crippen molar-refractivity contribution in [1.29, 1.82) is 0 Å². The summed E-state index contributed by atoms with van der Waals surface area (Å²) in [6, 6.07) is 11.2. The molecule has 194 valence electrons. The molecule has 1 N–H and O–H groups in total. The van der Waals surface area contributed by atoms with Crippen molar-refractivity contribution in [2.75, 3.05) is 26.8 Å². The number of halogens is 1. The highest BCUT2D eigenvalue weighted by Gasteiger charge is 2.31. The summed E-state index contributed by atoms with van der Waals surface area (Å²) in [5.74, 6) is -0.623. The van der Waals surface area contributed by atoms with Crippen LogP contribution in [0.5, 0.6) is 0 Å². The van der Waals surface area contributed by atoms with E-state index < -0.39 is 5.97 Å². The normalized spacial score (nSPS) is 15.6. The number of carboxylic acids is 1. The van der Waals surface area contributed by atoms with Crippen LogP contribution in [0.3, 0.4) is 0 Å². The number of carbonyl (C=O) groups is 2. The molecule has 0 bridgehead atoms. The summed E-state index contributed by atoms with van der Waals surface area (Å²) in [5.41, 5.74) is 6.00. The van der Waals surface area contributed by atoms with Crippen molar-refractivity contribution in [3.63, 3.8) is 0 Å². The fraction of sp³-hybridized carbons (Fsp3) is 0.400. The van der Waals surface area contributed by atoms with Crippen LogP contribution in [0.1, 0.15) is 66.4 Å². The van der Waals surface area contributed by atoms with Crippen molar-refractivity contribution in [3.05, 3.63) is 63.7 Å². The highest BCUT2D eigenvalue weighted by molar-refractivity contribution is 6.31. The third-order valence-electron chi connectivity index (χ3n) is 7.80. The van der Waals surface area contributed by atoms with Gasteiger partial charge in [-0.15, -0.1) is 0 Å². The predicted octanol–water partition coefficient (Wildman–Crippen LogP) is 6.60. The molecule has 1 aliphatic carbocycles. The number of fused-ring (bicyclic) bond motifs is 5. The van der Waals surface area contributed by atoms with E-state index in [1.54, 1.807) is 24.1 Å². The first-order valence-corrected chi connectivity index (χ1v) is 13.5. The van der Waals surface area contributed by atoms with Crippen LogP contribution < -0.4 is 0 Å². The Bertz CT molecular complexity index is 1380. The second-order valence-corrected chi connectivity index (χ2v) is 10.4. The van der Waals surface area contributed by atoms with Gasteiger partial charge < -0.3 is 19.3 Å². The first-order valence-electron chi connectivity index (χ1n) is 13.1. The molecule has 1 saturated carbocycles. The van der Waals surface area contributed by atoms with E-state index in [2.05, 4.69) is 4.57 Å². The van der Waals surface area contributed by atoms with Crippen molar-refractivity contribution < 1.29 is 19.4 Å². The highest BCUT2D eigenvalue weighted by atomic mass is 35.5. The monoisotopic (exact) mass is 520 g/mol. The van der Waals surface area contributed by atoms with Crippen molar-refractivity contribution in [2.45, 2.75) is 51.5 Å². The number of rotatable bonds is 7. The maximum absolute atomic E-state index is 13.8. The Balaban J connectivity index is 1.77. The van der Waals surface area contributed by atoms with Crippen molar-refractivity contribution in [1.82, 2.24) is 9.47 Å². The van der Waals surface area contributed by atoms with Crippen molar-refractivity contribution in [2.24, 2.45) is 0 Å². The fourth-order valence-electron chi connectivity index (χ4n) is 5.97. The Kier molecular flexibility index (Phi) is 7.40. The molecule has 1 aromatic heterocycles. The number of carbonyl (C=O) groups excluding carboxylic acids is 1. The first kappa shape index (κ1) is 25.6. The van der Waals surface area contributed by atoms with Crippen molar-refractivity contribution >= 4 is 40.5 Å². The minimum absolute atomic E-state index is 0.0382. The Morgan fingerprint density at radius 1 is 1.14 bits per heavy atom. The number of aromatic nitrogens is 1. The molecule has 0 radical (unpaired) electrons. The summed E-state index contributed by atoms with van der Waals surface area (Å²) in [6.45, 7) is 3.87. The second kappa shape index (κ2) is 10.7. The number of likely N-dealkylation sites (N-methyl/N-ethyl adjacent to an activating group) is 1. The molecule has 5 rings (SSSR count). The van der Waals surface area contributed by atoms with Gasteiger partial charge in [-0.2, -0.15) is 0 Å². The van der Waals surface area contributed by atoms with Crippen LogP contribution >= 0.6 is 11.6 Å². The molecule has 2 aliphatic rings. The van der Waals surface area contributed by atoms with E-state index in [9.17, 15) is 14.7 Å². The maximum Gasteiger partial charge on any atom is 0.335 e. The zero-order chi connectivity index (χ0) is 26.1. The zero-order valence-electron chi connectivity index (χ0n) is 21.4. The standard InChI is InChI=1S/C30H33ClN2O4/c1-3-32(13-14-37-2)29(34)22-15-20-9-11-23(31)17-25(20)28-27(19-7-5-4-6-8-19)24-12-10-21(30(35)36)16-26(24)33(28)18-22/h9-12,15-17,19H,3-8,13-14,18H2,1-2H3,(H,35,36).